The second kappa shape index (κ2) is 10.2. The minimum absolute atomic E-state index is 0.0735. The van der Waals surface area contributed by atoms with Gasteiger partial charge in [-0.15, -0.1) is 0 Å². The van der Waals surface area contributed by atoms with Gasteiger partial charge in [0.1, 0.15) is 0 Å². The number of hydrogen-bond acceptors (Lipinski definition) is 3. The molecule has 5 heteroatoms. The summed E-state index contributed by atoms with van der Waals surface area (Å²) in [5.74, 6) is 1.29. The Hall–Kier alpha value is -3.47. The van der Waals surface area contributed by atoms with E-state index in [0.29, 0.717) is 24.0 Å². The van der Waals surface area contributed by atoms with Gasteiger partial charge in [0.05, 0.1) is 11.1 Å². The number of carbonyl (C=O) groups is 1. The highest BCUT2D eigenvalue weighted by Gasteiger charge is 2.20. The fourth-order valence-electron chi connectivity index (χ4n) is 4.17. The largest absolute Gasteiger partial charge is 0.351 e. The molecule has 1 unspecified atom stereocenters. The Labute approximate surface area is 189 Å². The van der Waals surface area contributed by atoms with Crippen molar-refractivity contribution in [3.8, 4) is 5.95 Å². The van der Waals surface area contributed by atoms with E-state index in [4.69, 9.17) is 0 Å². The van der Waals surface area contributed by atoms with Gasteiger partial charge < -0.3 is 5.32 Å². The van der Waals surface area contributed by atoms with Gasteiger partial charge in [0.15, 0.2) is 0 Å². The smallest absolute Gasteiger partial charge is 0.253 e. The fraction of sp³-hybridized carbons (Fsp3) is 0.296. The molecule has 2 aromatic heterocycles. The Morgan fingerprint density at radius 2 is 1.88 bits per heavy atom. The maximum atomic E-state index is 13.3. The average molecular weight is 427 g/mol. The number of fused-ring (bicyclic) bond motifs is 1. The number of para-hydroxylation sites is 1. The highest BCUT2D eigenvalue weighted by molar-refractivity contribution is 6.07. The molecule has 0 bridgehead atoms. The molecule has 164 valence electrons. The van der Waals surface area contributed by atoms with Crippen molar-refractivity contribution in [3.63, 3.8) is 0 Å². The zero-order valence-corrected chi connectivity index (χ0v) is 18.7. The summed E-state index contributed by atoms with van der Waals surface area (Å²) in [7, 11) is 0. The van der Waals surface area contributed by atoms with E-state index in [9.17, 15) is 4.79 Å². The molecule has 0 saturated heterocycles. The summed E-state index contributed by atoms with van der Waals surface area (Å²) in [6.07, 6.45) is 19.4. The van der Waals surface area contributed by atoms with Gasteiger partial charge in [-0.3, -0.25) is 9.36 Å². The molecule has 2 heterocycles. The van der Waals surface area contributed by atoms with E-state index < -0.39 is 0 Å². The minimum Gasteiger partial charge on any atom is -0.351 e. The van der Waals surface area contributed by atoms with Crippen molar-refractivity contribution >= 4 is 16.8 Å². The fourth-order valence-corrected chi connectivity index (χ4v) is 4.17. The van der Waals surface area contributed by atoms with Crippen LogP contribution in [0, 0.1) is 11.8 Å². The summed E-state index contributed by atoms with van der Waals surface area (Å²) in [5.41, 5.74) is 2.83. The highest BCUT2D eigenvalue weighted by atomic mass is 16.1. The number of allylic oxidation sites excluding steroid dienone is 5. The van der Waals surface area contributed by atoms with Crippen LogP contribution in [0.1, 0.15) is 43.5 Å². The van der Waals surface area contributed by atoms with Gasteiger partial charge >= 0.3 is 0 Å². The normalized spacial score (nSPS) is 18.4. The van der Waals surface area contributed by atoms with Crippen LogP contribution in [0.15, 0.2) is 84.9 Å². The number of amides is 1. The molecular formula is C27H30N4O. The number of nitrogens with zero attached hydrogens (tertiary/aromatic N) is 3. The van der Waals surface area contributed by atoms with Crippen LogP contribution in [0.25, 0.3) is 16.9 Å². The van der Waals surface area contributed by atoms with Crippen molar-refractivity contribution in [2.45, 2.75) is 33.1 Å². The van der Waals surface area contributed by atoms with E-state index in [2.05, 4.69) is 59.5 Å². The zero-order chi connectivity index (χ0) is 22.3. The number of aromatic nitrogens is 3. The molecule has 5 nitrogen and oxygen atoms in total. The van der Waals surface area contributed by atoms with Gasteiger partial charge in [-0.25, -0.2) is 9.97 Å². The first kappa shape index (κ1) is 21.8. The maximum Gasteiger partial charge on any atom is 0.253 e. The summed E-state index contributed by atoms with van der Waals surface area (Å²) in [4.78, 5) is 22.0. The Morgan fingerprint density at radius 3 is 2.69 bits per heavy atom. The first-order chi connectivity index (χ1) is 15.6. The van der Waals surface area contributed by atoms with Crippen LogP contribution >= 0.6 is 0 Å². The third-order valence-electron chi connectivity index (χ3n) is 5.70. The van der Waals surface area contributed by atoms with Gasteiger partial charge in [0.2, 0.25) is 5.95 Å². The first-order valence-electron chi connectivity index (χ1n) is 11.3. The van der Waals surface area contributed by atoms with E-state index >= 15 is 0 Å². The van der Waals surface area contributed by atoms with Crippen LogP contribution in [0.5, 0.6) is 0 Å². The van der Waals surface area contributed by atoms with Gasteiger partial charge in [0.25, 0.3) is 5.91 Å². The lowest BCUT2D eigenvalue weighted by molar-refractivity contribution is 0.0949. The van der Waals surface area contributed by atoms with Crippen molar-refractivity contribution in [2.24, 2.45) is 11.8 Å². The SMILES string of the molecule is CC(C)CC(CNC(=O)c1cn(-c2ncccn2)c2ccccc12)C1=C/C=C\CC/C=C\1. The third-order valence-corrected chi connectivity index (χ3v) is 5.70. The number of nitrogens with one attached hydrogen (secondary N) is 1. The Kier molecular flexibility index (Phi) is 6.95. The molecule has 0 spiro atoms. The summed E-state index contributed by atoms with van der Waals surface area (Å²) < 4.78 is 1.88. The van der Waals surface area contributed by atoms with Crippen LogP contribution in [0.4, 0.5) is 0 Å². The molecule has 0 radical (unpaired) electrons. The maximum absolute atomic E-state index is 13.3. The lowest BCUT2D eigenvalue weighted by Gasteiger charge is -2.21. The summed E-state index contributed by atoms with van der Waals surface area (Å²) in [6.45, 7) is 5.05. The third kappa shape index (κ3) is 5.05. The molecule has 4 rings (SSSR count). The number of carbonyl (C=O) groups excluding carboxylic acids is 1. The lowest BCUT2D eigenvalue weighted by Crippen LogP contribution is -2.30. The monoisotopic (exact) mass is 426 g/mol. The molecule has 1 aliphatic carbocycles. The van der Waals surface area contributed by atoms with E-state index in [-0.39, 0.29) is 11.8 Å². The lowest BCUT2D eigenvalue weighted by atomic mass is 9.88. The predicted molar refractivity (Wildman–Crippen MR) is 130 cm³/mol. The van der Waals surface area contributed by atoms with Crippen LogP contribution < -0.4 is 5.32 Å². The van der Waals surface area contributed by atoms with E-state index in [0.717, 1.165) is 30.2 Å². The summed E-state index contributed by atoms with van der Waals surface area (Å²) in [5, 5.41) is 4.10. The Balaban J connectivity index is 1.59. The zero-order valence-electron chi connectivity index (χ0n) is 18.7. The topological polar surface area (TPSA) is 59.8 Å². The second-order valence-electron chi connectivity index (χ2n) is 8.59. The van der Waals surface area contributed by atoms with Gasteiger partial charge in [0, 0.05) is 36.4 Å². The summed E-state index contributed by atoms with van der Waals surface area (Å²) >= 11 is 0. The second-order valence-corrected chi connectivity index (χ2v) is 8.59. The van der Waals surface area contributed by atoms with E-state index in [1.54, 1.807) is 18.5 Å². The molecule has 1 atom stereocenters. The van der Waals surface area contributed by atoms with E-state index in [1.165, 1.54) is 5.57 Å². The molecule has 32 heavy (non-hydrogen) atoms. The van der Waals surface area contributed by atoms with E-state index in [1.807, 2.05) is 35.0 Å². The highest BCUT2D eigenvalue weighted by Crippen LogP contribution is 2.25. The van der Waals surface area contributed by atoms with Crippen molar-refractivity contribution in [3.05, 3.63) is 90.4 Å². The van der Waals surface area contributed by atoms with Gasteiger partial charge in [-0.1, -0.05) is 62.4 Å². The van der Waals surface area contributed by atoms with Crippen LogP contribution in [-0.4, -0.2) is 27.0 Å². The van der Waals surface area contributed by atoms with Crippen LogP contribution in [-0.2, 0) is 0 Å². The quantitative estimate of drug-likeness (QED) is 0.531. The molecule has 1 aliphatic rings. The molecule has 1 N–H and O–H groups in total. The molecular weight excluding hydrogens is 396 g/mol. The number of rotatable bonds is 7. The Bertz CT molecular complexity index is 1150. The average Bonchev–Trinajstić information content (AvgIpc) is 3.17. The molecule has 0 saturated carbocycles. The van der Waals surface area contributed by atoms with Crippen molar-refractivity contribution < 1.29 is 4.79 Å². The standard InChI is InChI=1S/C27H30N4O/c1-20(2)17-22(21-11-6-4-3-5-7-12-21)18-30-26(32)24-19-31(27-28-15-10-16-29-27)25-14-9-8-13-23(24)25/h4,6-16,19-20,22H,3,5,17-18H2,1-2H3,(H,30,32)/b6-4-,12-7-,21-11+. The number of hydrogen-bond donors (Lipinski definition) is 1. The minimum atomic E-state index is -0.0735. The number of benzene rings is 1. The van der Waals surface area contributed by atoms with Crippen molar-refractivity contribution in [2.75, 3.05) is 6.54 Å². The Morgan fingerprint density at radius 1 is 1.09 bits per heavy atom. The molecule has 0 fully saturated rings. The van der Waals surface area contributed by atoms with Gasteiger partial charge in [-0.05, 0) is 42.9 Å². The first-order valence-corrected chi connectivity index (χ1v) is 11.3. The van der Waals surface area contributed by atoms with Crippen LogP contribution in [0.3, 0.4) is 0 Å². The molecule has 1 aromatic carbocycles. The van der Waals surface area contributed by atoms with Crippen LogP contribution in [0.2, 0.25) is 0 Å². The van der Waals surface area contributed by atoms with Crippen molar-refractivity contribution in [1.29, 1.82) is 0 Å². The van der Waals surface area contributed by atoms with Crippen molar-refractivity contribution in [1.82, 2.24) is 19.9 Å². The van der Waals surface area contributed by atoms with Gasteiger partial charge in [-0.2, -0.15) is 0 Å². The predicted octanol–water partition coefficient (Wildman–Crippen LogP) is 5.65. The molecule has 3 aromatic rings. The summed E-state index contributed by atoms with van der Waals surface area (Å²) in [6, 6.07) is 9.66. The molecule has 1 amide bonds. The molecule has 0 aliphatic heterocycles.